The van der Waals surface area contributed by atoms with Gasteiger partial charge in [-0.1, -0.05) is 35.3 Å². The van der Waals surface area contributed by atoms with E-state index in [1.807, 2.05) is 14.1 Å². The second-order valence-corrected chi connectivity index (χ2v) is 5.55. The Kier molecular flexibility index (Phi) is 7.69. The van der Waals surface area contributed by atoms with Crippen molar-refractivity contribution in [1.29, 1.82) is 0 Å². The van der Waals surface area contributed by atoms with Gasteiger partial charge in [0.05, 0.1) is 16.4 Å². The molecule has 1 heterocycles. The average Bonchev–Trinajstić information content (AvgIpc) is 2.56. The van der Waals surface area contributed by atoms with E-state index in [9.17, 15) is 0 Å². The molecule has 0 unspecified atom stereocenters. The molecule has 0 amide bonds. The van der Waals surface area contributed by atoms with Gasteiger partial charge in [0.2, 0.25) is 5.95 Å². The van der Waals surface area contributed by atoms with Crippen molar-refractivity contribution in [2.24, 2.45) is 4.99 Å². The monoisotopic (exact) mass is 400 g/mol. The molecule has 0 bridgehead atoms. The van der Waals surface area contributed by atoms with Crippen molar-refractivity contribution in [3.8, 4) is 11.3 Å². The summed E-state index contributed by atoms with van der Waals surface area (Å²) in [5, 5.41) is 23.3. The number of nitrogens with zero attached hydrogens (tertiary/aromatic N) is 5. The van der Waals surface area contributed by atoms with Gasteiger partial charge >= 0.3 is 11.9 Å². The van der Waals surface area contributed by atoms with Crippen LogP contribution in [0, 0.1) is 0 Å². The molecule has 0 aliphatic carbocycles. The van der Waals surface area contributed by atoms with Crippen LogP contribution >= 0.6 is 23.2 Å². The number of halogens is 2. The summed E-state index contributed by atoms with van der Waals surface area (Å²) in [7, 11) is 3.68. The molecule has 0 aliphatic heterocycles. The minimum Gasteiger partial charge on any atom is -0.473 e. The Hall–Kier alpha value is -2.98. The van der Waals surface area contributed by atoms with Crippen LogP contribution in [0.15, 0.2) is 23.2 Å². The summed E-state index contributed by atoms with van der Waals surface area (Å²) in [4.78, 5) is 28.3. The van der Waals surface area contributed by atoms with Crippen LogP contribution < -0.4 is 5.73 Å². The summed E-state index contributed by atoms with van der Waals surface area (Å²) in [5.74, 6) is -3.28. The topological polar surface area (TPSA) is 155 Å². The largest absolute Gasteiger partial charge is 0.473 e. The van der Waals surface area contributed by atoms with Crippen molar-refractivity contribution in [3.05, 3.63) is 28.2 Å². The number of carbonyl (C=O) groups is 2. The van der Waals surface area contributed by atoms with Crippen LogP contribution in [0.25, 0.3) is 11.3 Å². The summed E-state index contributed by atoms with van der Waals surface area (Å²) >= 11 is 12.2. The van der Waals surface area contributed by atoms with Gasteiger partial charge in [-0.15, -0.1) is 10.2 Å². The number of carboxylic acids is 2. The lowest BCUT2D eigenvalue weighted by molar-refractivity contribution is -0.159. The normalized spacial score (nSPS) is 10.2. The lowest BCUT2D eigenvalue weighted by Gasteiger charge is -2.08. The third-order valence-corrected chi connectivity index (χ3v) is 3.30. The molecule has 2 aromatic rings. The van der Waals surface area contributed by atoms with Gasteiger partial charge in [0.15, 0.2) is 5.82 Å². The molecule has 0 radical (unpaired) electrons. The summed E-state index contributed by atoms with van der Waals surface area (Å²) < 4.78 is 0. The fourth-order valence-corrected chi connectivity index (χ4v) is 1.84. The first kappa shape index (κ1) is 21.1. The first-order valence-electron chi connectivity index (χ1n) is 6.74. The minimum atomic E-state index is -1.82. The van der Waals surface area contributed by atoms with E-state index in [1.165, 1.54) is 0 Å². The maximum Gasteiger partial charge on any atom is 0.414 e. The van der Waals surface area contributed by atoms with Crippen molar-refractivity contribution >= 4 is 53.2 Å². The summed E-state index contributed by atoms with van der Waals surface area (Å²) in [5.41, 5.74) is 6.57. The number of benzene rings is 1. The van der Waals surface area contributed by atoms with Gasteiger partial charge < -0.3 is 20.8 Å². The van der Waals surface area contributed by atoms with Gasteiger partial charge in [0.1, 0.15) is 5.69 Å². The van der Waals surface area contributed by atoms with Gasteiger partial charge in [-0.3, -0.25) is 0 Å². The summed E-state index contributed by atoms with van der Waals surface area (Å²) in [6.07, 6.45) is 1.59. The SMILES string of the molecule is CN(C)C=Nc1nc(N)nnc1-c1cccc(Cl)c1Cl.O=C(O)C(=O)O. The highest BCUT2D eigenvalue weighted by molar-refractivity contribution is 6.43. The molecule has 2 rings (SSSR count). The molecule has 10 nitrogen and oxygen atoms in total. The molecule has 0 saturated carbocycles. The highest BCUT2D eigenvalue weighted by atomic mass is 35.5. The fourth-order valence-electron chi connectivity index (χ4n) is 1.45. The second-order valence-electron chi connectivity index (χ2n) is 4.76. The lowest BCUT2D eigenvalue weighted by atomic mass is 10.1. The van der Waals surface area contributed by atoms with Gasteiger partial charge in [-0.05, 0) is 6.07 Å². The molecule has 1 aromatic carbocycles. The van der Waals surface area contributed by atoms with E-state index in [2.05, 4.69) is 20.2 Å². The Morgan fingerprint density at radius 3 is 2.35 bits per heavy atom. The Morgan fingerprint density at radius 1 is 1.19 bits per heavy atom. The number of nitrogen functional groups attached to an aromatic ring is 1. The van der Waals surface area contributed by atoms with Gasteiger partial charge in [0, 0.05) is 19.7 Å². The van der Waals surface area contributed by atoms with Crippen LogP contribution in [-0.2, 0) is 9.59 Å². The lowest BCUT2D eigenvalue weighted by Crippen LogP contribution is -2.09. The number of hydrogen-bond acceptors (Lipinski definition) is 7. The molecule has 4 N–H and O–H groups in total. The van der Waals surface area contributed by atoms with E-state index in [0.29, 0.717) is 27.1 Å². The first-order chi connectivity index (χ1) is 12.1. The van der Waals surface area contributed by atoms with Crippen LogP contribution in [-0.4, -0.2) is 62.7 Å². The zero-order chi connectivity index (χ0) is 19.9. The number of carboxylic acid groups (broad SMARTS) is 2. The molecule has 0 aliphatic rings. The highest BCUT2D eigenvalue weighted by Crippen LogP contribution is 2.35. The molecule has 0 atom stereocenters. The van der Waals surface area contributed by atoms with Gasteiger partial charge in [0.25, 0.3) is 0 Å². The second kappa shape index (κ2) is 9.49. The standard InChI is InChI=1S/C12H12Cl2N6.C2H2O4/c1-20(2)6-16-11-10(18-19-12(15)17-11)7-4-3-5-8(13)9(7)14;3-1(4)2(5)6/h3-6H,1-2H3,(H2,15,17,19);(H,3,4)(H,5,6). The van der Waals surface area contributed by atoms with Crippen molar-refractivity contribution in [1.82, 2.24) is 20.1 Å². The highest BCUT2D eigenvalue weighted by Gasteiger charge is 2.14. The van der Waals surface area contributed by atoms with E-state index >= 15 is 0 Å². The molecule has 12 heteroatoms. The van der Waals surface area contributed by atoms with Crippen molar-refractivity contribution < 1.29 is 19.8 Å². The third kappa shape index (κ3) is 6.15. The maximum absolute atomic E-state index is 9.10. The summed E-state index contributed by atoms with van der Waals surface area (Å²) in [6, 6.07) is 5.22. The van der Waals surface area contributed by atoms with Crippen molar-refractivity contribution in [2.75, 3.05) is 19.8 Å². The number of aromatic nitrogens is 3. The smallest absolute Gasteiger partial charge is 0.414 e. The van der Waals surface area contributed by atoms with Crippen molar-refractivity contribution in [3.63, 3.8) is 0 Å². The van der Waals surface area contributed by atoms with E-state index in [4.69, 9.17) is 48.7 Å². The van der Waals surface area contributed by atoms with Crippen molar-refractivity contribution in [2.45, 2.75) is 0 Å². The predicted octanol–water partition coefficient (Wildman–Crippen LogP) is 1.80. The number of aliphatic imine (C=N–C) groups is 1. The van der Waals surface area contributed by atoms with E-state index in [-0.39, 0.29) is 5.95 Å². The molecule has 0 fully saturated rings. The summed E-state index contributed by atoms with van der Waals surface area (Å²) in [6.45, 7) is 0. The quantitative estimate of drug-likeness (QED) is 0.397. The molecule has 0 saturated heterocycles. The third-order valence-electron chi connectivity index (χ3n) is 2.49. The van der Waals surface area contributed by atoms with Gasteiger partial charge in [-0.25, -0.2) is 14.6 Å². The Morgan fingerprint density at radius 2 is 1.81 bits per heavy atom. The minimum absolute atomic E-state index is 0.0396. The molecular formula is C14H14Cl2N6O4. The van der Waals surface area contributed by atoms with Crippen LogP contribution in [0.2, 0.25) is 10.0 Å². The number of aliphatic carboxylic acids is 2. The molecule has 138 valence electrons. The number of rotatable bonds is 3. The predicted molar refractivity (Wildman–Crippen MR) is 96.8 cm³/mol. The fraction of sp³-hybridized carbons (Fsp3) is 0.143. The maximum atomic E-state index is 9.10. The Balaban J connectivity index is 0.000000487. The van der Waals surface area contributed by atoms with E-state index in [1.54, 1.807) is 29.4 Å². The molecule has 26 heavy (non-hydrogen) atoms. The molecular weight excluding hydrogens is 387 g/mol. The zero-order valence-corrected chi connectivity index (χ0v) is 15.1. The van der Waals surface area contributed by atoms with Gasteiger partial charge in [-0.2, -0.15) is 4.98 Å². The van der Waals surface area contributed by atoms with Crippen LogP contribution in [0.5, 0.6) is 0 Å². The van der Waals surface area contributed by atoms with Crippen LogP contribution in [0.4, 0.5) is 11.8 Å². The van der Waals surface area contributed by atoms with Crippen LogP contribution in [0.1, 0.15) is 0 Å². The first-order valence-corrected chi connectivity index (χ1v) is 7.50. The number of nitrogens with two attached hydrogens (primary N) is 1. The number of anilines is 1. The Labute approximate surface area is 157 Å². The van der Waals surface area contributed by atoms with E-state index < -0.39 is 11.9 Å². The number of hydrogen-bond donors (Lipinski definition) is 3. The molecule has 1 aromatic heterocycles. The van der Waals surface area contributed by atoms with E-state index in [0.717, 1.165) is 0 Å². The average molecular weight is 401 g/mol. The molecule has 0 spiro atoms. The van der Waals surface area contributed by atoms with Crippen LogP contribution in [0.3, 0.4) is 0 Å². The zero-order valence-electron chi connectivity index (χ0n) is 13.6. The Bertz CT molecular complexity index is 832.